The van der Waals surface area contributed by atoms with E-state index in [9.17, 15) is 9.13 Å². The maximum absolute atomic E-state index is 11.1. The molecule has 6 nitrogen and oxygen atoms in total. The van der Waals surface area contributed by atoms with Crippen LogP contribution in [-0.4, -0.2) is 30.6 Å². The zero-order chi connectivity index (χ0) is 14.0. The average Bonchev–Trinajstić information content (AvgIpc) is 2.23. The van der Waals surface area contributed by atoms with Gasteiger partial charge >= 0.3 is 15.2 Å². The smallest absolute Gasteiger partial charge is 0.323 e. The van der Waals surface area contributed by atoms with Gasteiger partial charge in [-0.1, -0.05) is 17.8 Å². The van der Waals surface area contributed by atoms with Crippen LogP contribution in [0.1, 0.15) is 0 Å². The number of hydrogen-bond donors (Lipinski definition) is 4. The van der Waals surface area contributed by atoms with Crippen LogP contribution in [0.15, 0.2) is 34.1 Å². The second-order valence-corrected chi connectivity index (χ2v) is 9.85. The molecule has 102 valence electrons. The lowest BCUT2D eigenvalue weighted by Gasteiger charge is -2.19. The van der Waals surface area contributed by atoms with Crippen molar-refractivity contribution < 1.29 is 28.7 Å². The van der Waals surface area contributed by atoms with Crippen molar-refractivity contribution in [2.24, 2.45) is 0 Å². The second-order valence-electron chi connectivity index (χ2n) is 3.30. The summed E-state index contributed by atoms with van der Waals surface area (Å²) in [5, 5.41) is 0. The summed E-state index contributed by atoms with van der Waals surface area (Å²) in [7, 11) is -9.79. The molecule has 1 rings (SSSR count). The fraction of sp³-hybridized carbons (Fsp3) is 0.250. The Bertz CT molecular complexity index is 488. The minimum Gasteiger partial charge on any atom is -0.323 e. The van der Waals surface area contributed by atoms with Gasteiger partial charge in [-0.3, -0.25) is 9.13 Å². The van der Waals surface area contributed by atoms with E-state index in [0.29, 0.717) is 16.7 Å². The highest BCUT2D eigenvalue weighted by Crippen LogP contribution is 2.65. The molecule has 0 spiro atoms. The number of thioether (sulfide) groups is 2. The lowest BCUT2D eigenvalue weighted by atomic mass is 10.4. The molecule has 0 aromatic heterocycles. The van der Waals surface area contributed by atoms with Crippen molar-refractivity contribution in [3.63, 3.8) is 0 Å². The molecule has 4 N–H and O–H groups in total. The summed E-state index contributed by atoms with van der Waals surface area (Å²) in [6.45, 7) is 0. The zero-order valence-electron chi connectivity index (χ0n) is 9.20. The van der Waals surface area contributed by atoms with Gasteiger partial charge in [-0.2, -0.15) is 0 Å². The topological polar surface area (TPSA) is 115 Å². The molecule has 0 atom stereocenters. The van der Waals surface area contributed by atoms with Gasteiger partial charge < -0.3 is 19.6 Å². The highest BCUT2D eigenvalue weighted by atomic mass is 32.2. The number of rotatable bonds is 5. The molecule has 0 saturated carbocycles. The minimum atomic E-state index is -4.89. The molecular formula is C8H12O6P2S2. The van der Waals surface area contributed by atoms with E-state index in [4.69, 9.17) is 19.6 Å². The molecule has 0 heterocycles. The summed E-state index contributed by atoms with van der Waals surface area (Å²) in [6, 6.07) is 6.61. The molecule has 0 fully saturated rings. The molecule has 0 amide bonds. The molecule has 0 aliphatic carbocycles. The molecule has 1 aromatic rings. The Labute approximate surface area is 113 Å². The first kappa shape index (κ1) is 16.3. The normalized spacial score (nSPS) is 13.0. The third-order valence-corrected chi connectivity index (χ3v) is 8.56. The second kappa shape index (κ2) is 6.11. The van der Waals surface area contributed by atoms with Gasteiger partial charge in [-0.05, 0) is 24.5 Å². The summed E-state index contributed by atoms with van der Waals surface area (Å²) < 4.78 is 20.2. The van der Waals surface area contributed by atoms with E-state index in [1.54, 1.807) is 24.3 Å². The minimum absolute atomic E-state index is 0.401. The van der Waals surface area contributed by atoms with E-state index in [2.05, 4.69) is 0 Å². The predicted octanol–water partition coefficient (Wildman–Crippen LogP) is 2.14. The van der Waals surface area contributed by atoms with Crippen molar-refractivity contribution in [2.45, 2.75) is 14.5 Å². The molecule has 0 aliphatic rings. The van der Waals surface area contributed by atoms with E-state index >= 15 is 0 Å². The van der Waals surface area contributed by atoms with Gasteiger partial charge in [0.2, 0.25) is 4.73 Å². The third kappa shape index (κ3) is 4.72. The van der Waals surface area contributed by atoms with Crippen molar-refractivity contribution >= 4 is 38.7 Å². The maximum Gasteiger partial charge on any atom is 0.351 e. The molecule has 0 saturated heterocycles. The van der Waals surface area contributed by atoms with E-state index in [-0.39, 0.29) is 0 Å². The average molecular weight is 330 g/mol. The Hall–Kier alpha value is 0.220. The Morgan fingerprint density at radius 1 is 1.06 bits per heavy atom. The van der Waals surface area contributed by atoms with E-state index in [0.717, 1.165) is 4.90 Å². The van der Waals surface area contributed by atoms with Crippen molar-refractivity contribution in [1.29, 1.82) is 0 Å². The van der Waals surface area contributed by atoms with Gasteiger partial charge in [0.25, 0.3) is 0 Å². The lowest BCUT2D eigenvalue weighted by molar-refractivity contribution is 0.352. The Morgan fingerprint density at radius 3 is 2.00 bits per heavy atom. The molecular weight excluding hydrogens is 318 g/mol. The first-order chi connectivity index (χ1) is 8.14. The van der Waals surface area contributed by atoms with Crippen LogP contribution in [0.25, 0.3) is 0 Å². The first-order valence-electron chi connectivity index (χ1n) is 4.56. The molecule has 0 bridgehead atoms. The van der Waals surface area contributed by atoms with Crippen LogP contribution in [0.2, 0.25) is 0 Å². The van der Waals surface area contributed by atoms with Crippen molar-refractivity contribution in [3.05, 3.63) is 24.3 Å². The number of benzene rings is 1. The van der Waals surface area contributed by atoms with Crippen LogP contribution in [0.4, 0.5) is 0 Å². The van der Waals surface area contributed by atoms with Crippen molar-refractivity contribution in [1.82, 2.24) is 0 Å². The van der Waals surface area contributed by atoms with Crippen LogP contribution in [0.5, 0.6) is 0 Å². The van der Waals surface area contributed by atoms with Crippen LogP contribution >= 0.6 is 38.7 Å². The van der Waals surface area contributed by atoms with Crippen LogP contribution in [0, 0.1) is 0 Å². The van der Waals surface area contributed by atoms with Gasteiger partial charge in [0.1, 0.15) is 0 Å². The van der Waals surface area contributed by atoms with E-state index in [1.165, 1.54) is 11.8 Å². The summed E-state index contributed by atoms with van der Waals surface area (Å²) >= 11 is 1.92. The Balaban J connectivity index is 3.04. The maximum atomic E-state index is 11.1. The summed E-state index contributed by atoms with van der Waals surface area (Å²) in [5.41, 5.74) is 0. The summed E-state index contributed by atoms with van der Waals surface area (Å²) in [5.74, 6) is 0. The van der Waals surface area contributed by atoms with Gasteiger partial charge in [0.05, 0.1) is 0 Å². The van der Waals surface area contributed by atoms with Crippen molar-refractivity contribution in [3.8, 4) is 0 Å². The van der Waals surface area contributed by atoms with Gasteiger partial charge in [-0.15, -0.1) is 11.8 Å². The molecule has 10 heteroatoms. The largest absolute Gasteiger partial charge is 0.351 e. The van der Waals surface area contributed by atoms with Crippen LogP contribution in [-0.2, 0) is 9.13 Å². The fourth-order valence-electron chi connectivity index (χ4n) is 1.13. The van der Waals surface area contributed by atoms with E-state index in [1.807, 2.05) is 6.26 Å². The van der Waals surface area contributed by atoms with E-state index < -0.39 is 19.9 Å². The van der Waals surface area contributed by atoms with Crippen LogP contribution < -0.4 is 0 Å². The SMILES string of the molecule is CSc1cccc(SC(P(=O)(O)O)P(=O)(O)O)c1. The zero-order valence-corrected chi connectivity index (χ0v) is 12.6. The highest BCUT2D eigenvalue weighted by Gasteiger charge is 2.44. The fourth-order valence-corrected chi connectivity index (χ4v) is 5.66. The third-order valence-electron chi connectivity index (χ3n) is 1.86. The summed E-state index contributed by atoms with van der Waals surface area (Å²) in [6.07, 6.45) is 1.83. The first-order valence-corrected chi connectivity index (χ1v) is 10.0. The molecule has 18 heavy (non-hydrogen) atoms. The van der Waals surface area contributed by atoms with Crippen LogP contribution in [0.3, 0.4) is 0 Å². The highest BCUT2D eigenvalue weighted by molar-refractivity contribution is 8.12. The van der Waals surface area contributed by atoms with Crippen molar-refractivity contribution in [2.75, 3.05) is 6.26 Å². The van der Waals surface area contributed by atoms with Gasteiger partial charge in [-0.25, -0.2) is 0 Å². The van der Waals surface area contributed by atoms with Gasteiger partial charge in [0.15, 0.2) is 0 Å². The molecule has 1 aromatic carbocycles. The molecule has 0 unspecified atom stereocenters. The number of hydrogen-bond acceptors (Lipinski definition) is 4. The molecule has 0 aliphatic heterocycles. The van der Waals surface area contributed by atoms with Gasteiger partial charge in [0, 0.05) is 9.79 Å². The lowest BCUT2D eigenvalue weighted by Crippen LogP contribution is -2.04. The standard InChI is InChI=1S/C8H12O6P2S2/c1-17-6-3-2-4-7(5-6)18-8(15(9,10)11)16(12,13)14/h2-5,8H,1H3,(H2,9,10,11)(H2,12,13,14). The Kier molecular flexibility index (Phi) is 5.53. The predicted molar refractivity (Wildman–Crippen MR) is 72.0 cm³/mol. The Morgan fingerprint density at radius 2 is 1.56 bits per heavy atom. The molecule has 0 radical (unpaired) electrons. The monoisotopic (exact) mass is 330 g/mol. The summed E-state index contributed by atoms with van der Waals surface area (Å²) in [4.78, 5) is 37.2. The quantitative estimate of drug-likeness (QED) is 0.479.